The fourth-order valence-electron chi connectivity index (χ4n) is 3.15. The van der Waals surface area contributed by atoms with Gasteiger partial charge >= 0.3 is 6.03 Å². The van der Waals surface area contributed by atoms with Gasteiger partial charge in [0.2, 0.25) is 0 Å². The van der Waals surface area contributed by atoms with E-state index >= 15 is 0 Å². The van der Waals surface area contributed by atoms with E-state index in [2.05, 4.69) is 20.9 Å². The molecule has 9 heteroatoms. The number of amides is 4. The van der Waals surface area contributed by atoms with E-state index in [4.69, 9.17) is 0 Å². The summed E-state index contributed by atoms with van der Waals surface area (Å²) in [6, 6.07) is 14.4. The van der Waals surface area contributed by atoms with E-state index in [9.17, 15) is 19.2 Å². The molecule has 3 N–H and O–H groups in total. The van der Waals surface area contributed by atoms with E-state index in [1.165, 1.54) is 0 Å². The normalized spacial score (nSPS) is 19.0. The molecule has 0 bridgehead atoms. The summed E-state index contributed by atoms with van der Waals surface area (Å²) in [5.41, 5.74) is 0.995. The first-order valence-corrected chi connectivity index (χ1v) is 8.42. The summed E-state index contributed by atoms with van der Waals surface area (Å²) in [5.74, 6) is -1.43. The van der Waals surface area contributed by atoms with Gasteiger partial charge in [0.15, 0.2) is 5.69 Å². The molecule has 2 heterocycles. The zero-order valence-electron chi connectivity index (χ0n) is 14.7. The standard InChI is InChI=1S/C19H15N5O4/c1-19(11-7-3-2-4-8-11)17(27)24(18(28)20-19)23-16(26)14-12-9-5-6-10-13(12)15(25)22-21-14/h2-10H,1H3,(H,20,28)(H,22,25)(H,23,26)/t19-/m1/s1. The van der Waals surface area contributed by atoms with Crippen molar-refractivity contribution in [3.63, 3.8) is 0 Å². The van der Waals surface area contributed by atoms with Crippen LogP contribution in [0.5, 0.6) is 0 Å². The number of hydrogen-bond acceptors (Lipinski definition) is 5. The van der Waals surface area contributed by atoms with Crippen LogP contribution in [-0.4, -0.2) is 33.1 Å². The quantitative estimate of drug-likeness (QED) is 0.588. The first-order valence-electron chi connectivity index (χ1n) is 8.42. The van der Waals surface area contributed by atoms with Crippen molar-refractivity contribution in [2.75, 3.05) is 0 Å². The Morgan fingerprint density at radius 3 is 2.36 bits per heavy atom. The number of fused-ring (bicyclic) bond motifs is 1. The van der Waals surface area contributed by atoms with Gasteiger partial charge in [-0.1, -0.05) is 48.5 Å². The largest absolute Gasteiger partial charge is 0.344 e. The number of H-pyrrole nitrogens is 1. The third kappa shape index (κ3) is 2.60. The highest BCUT2D eigenvalue weighted by Gasteiger charge is 2.50. The SMILES string of the molecule is C[C@]1(c2ccccc2)NC(=O)N(NC(=O)c2n[nH]c(=O)c3ccccc23)C1=O. The van der Waals surface area contributed by atoms with Gasteiger partial charge in [-0.2, -0.15) is 10.1 Å². The number of nitrogens with zero attached hydrogens (tertiary/aromatic N) is 2. The maximum absolute atomic E-state index is 12.9. The zero-order chi connectivity index (χ0) is 19.9. The van der Waals surface area contributed by atoms with Crippen molar-refractivity contribution >= 4 is 28.6 Å². The highest BCUT2D eigenvalue weighted by Crippen LogP contribution is 2.27. The number of benzene rings is 2. The van der Waals surface area contributed by atoms with Crippen LogP contribution in [0.25, 0.3) is 10.8 Å². The van der Waals surface area contributed by atoms with E-state index in [0.29, 0.717) is 16.0 Å². The first-order chi connectivity index (χ1) is 13.4. The minimum Gasteiger partial charge on any atom is -0.318 e. The average Bonchev–Trinajstić information content (AvgIpc) is 2.93. The van der Waals surface area contributed by atoms with Crippen molar-refractivity contribution in [1.29, 1.82) is 0 Å². The monoisotopic (exact) mass is 377 g/mol. The summed E-state index contributed by atoms with van der Waals surface area (Å²) >= 11 is 0. The maximum atomic E-state index is 12.9. The Morgan fingerprint density at radius 2 is 1.64 bits per heavy atom. The van der Waals surface area contributed by atoms with Crippen LogP contribution in [0.15, 0.2) is 59.4 Å². The third-order valence-electron chi connectivity index (χ3n) is 4.67. The molecule has 1 aliphatic rings. The highest BCUT2D eigenvalue weighted by molar-refractivity contribution is 6.11. The number of urea groups is 1. The van der Waals surface area contributed by atoms with E-state index in [0.717, 1.165) is 0 Å². The lowest BCUT2D eigenvalue weighted by Crippen LogP contribution is -2.48. The summed E-state index contributed by atoms with van der Waals surface area (Å²) in [6.45, 7) is 1.56. The molecule has 9 nitrogen and oxygen atoms in total. The Morgan fingerprint density at radius 1 is 1.00 bits per heavy atom. The van der Waals surface area contributed by atoms with Gasteiger partial charge in [0.05, 0.1) is 5.39 Å². The number of aromatic nitrogens is 2. The lowest BCUT2D eigenvalue weighted by atomic mass is 9.92. The van der Waals surface area contributed by atoms with Gasteiger partial charge < -0.3 is 5.32 Å². The molecule has 0 spiro atoms. The topological polar surface area (TPSA) is 124 Å². The fourth-order valence-corrected chi connectivity index (χ4v) is 3.15. The molecule has 1 saturated heterocycles. The maximum Gasteiger partial charge on any atom is 0.344 e. The molecule has 1 atom stereocenters. The molecular weight excluding hydrogens is 362 g/mol. The summed E-state index contributed by atoms with van der Waals surface area (Å²) in [4.78, 5) is 49.8. The molecule has 1 aromatic heterocycles. The van der Waals surface area contributed by atoms with E-state index in [1.54, 1.807) is 61.5 Å². The number of hydrazine groups is 1. The molecule has 28 heavy (non-hydrogen) atoms. The second-order valence-electron chi connectivity index (χ2n) is 6.45. The number of carbonyl (C=O) groups is 3. The zero-order valence-corrected chi connectivity index (χ0v) is 14.7. The predicted molar refractivity (Wildman–Crippen MR) is 99.0 cm³/mol. The van der Waals surface area contributed by atoms with E-state index in [-0.39, 0.29) is 11.1 Å². The first kappa shape index (κ1) is 17.4. The molecule has 140 valence electrons. The Balaban J connectivity index is 1.66. The molecule has 2 aromatic carbocycles. The lowest BCUT2D eigenvalue weighted by Gasteiger charge is -2.22. The second kappa shape index (κ2) is 6.31. The highest BCUT2D eigenvalue weighted by atomic mass is 16.2. The van der Waals surface area contributed by atoms with Crippen LogP contribution in [0, 0.1) is 0 Å². The van der Waals surface area contributed by atoms with Gasteiger partial charge in [-0.05, 0) is 18.6 Å². The number of aromatic amines is 1. The molecular formula is C19H15N5O4. The number of nitrogens with one attached hydrogen (secondary N) is 3. The molecule has 0 saturated carbocycles. The summed E-state index contributed by atoms with van der Waals surface area (Å²) in [7, 11) is 0. The molecule has 4 amide bonds. The Labute approximate surface area is 158 Å². The number of rotatable bonds is 3. The molecule has 3 aromatic rings. The number of carbonyl (C=O) groups excluding carboxylic acids is 3. The Bertz CT molecular complexity index is 1170. The number of imide groups is 1. The number of hydrogen-bond donors (Lipinski definition) is 3. The molecule has 1 fully saturated rings. The second-order valence-corrected chi connectivity index (χ2v) is 6.45. The smallest absolute Gasteiger partial charge is 0.318 e. The molecule has 0 unspecified atom stereocenters. The minimum absolute atomic E-state index is 0.107. The van der Waals surface area contributed by atoms with Crippen LogP contribution >= 0.6 is 0 Å². The van der Waals surface area contributed by atoms with Crippen LogP contribution in [0.1, 0.15) is 23.0 Å². The van der Waals surface area contributed by atoms with Crippen molar-refractivity contribution in [3.05, 3.63) is 76.2 Å². The molecule has 0 aliphatic carbocycles. The molecule has 0 radical (unpaired) electrons. The predicted octanol–water partition coefficient (Wildman–Crippen LogP) is 1.04. The average molecular weight is 377 g/mol. The van der Waals surface area contributed by atoms with Crippen LogP contribution in [-0.2, 0) is 10.3 Å². The van der Waals surface area contributed by atoms with E-state index < -0.39 is 28.9 Å². The van der Waals surface area contributed by atoms with Crippen molar-refractivity contribution in [3.8, 4) is 0 Å². The molecule has 4 rings (SSSR count). The van der Waals surface area contributed by atoms with Crippen LogP contribution in [0.3, 0.4) is 0 Å². The lowest BCUT2D eigenvalue weighted by molar-refractivity contribution is -0.132. The van der Waals surface area contributed by atoms with Gasteiger partial charge in [-0.3, -0.25) is 19.8 Å². The Hall–Kier alpha value is -4.01. The van der Waals surface area contributed by atoms with Gasteiger partial charge in [-0.15, -0.1) is 0 Å². The van der Waals surface area contributed by atoms with Crippen molar-refractivity contribution < 1.29 is 14.4 Å². The molecule has 1 aliphatic heterocycles. The summed E-state index contributed by atoms with van der Waals surface area (Å²) in [6.07, 6.45) is 0. The summed E-state index contributed by atoms with van der Waals surface area (Å²) in [5, 5.41) is 9.81. The van der Waals surface area contributed by atoms with Crippen molar-refractivity contribution in [2.24, 2.45) is 0 Å². The van der Waals surface area contributed by atoms with Gasteiger partial charge in [0.25, 0.3) is 17.4 Å². The van der Waals surface area contributed by atoms with Crippen LogP contribution < -0.4 is 16.3 Å². The fraction of sp³-hybridized carbons (Fsp3) is 0.105. The summed E-state index contributed by atoms with van der Waals surface area (Å²) < 4.78 is 0. The third-order valence-corrected chi connectivity index (χ3v) is 4.67. The van der Waals surface area contributed by atoms with Crippen LogP contribution in [0.4, 0.5) is 4.79 Å². The van der Waals surface area contributed by atoms with Gasteiger partial charge in [0.1, 0.15) is 5.54 Å². The van der Waals surface area contributed by atoms with Crippen LogP contribution in [0.2, 0.25) is 0 Å². The van der Waals surface area contributed by atoms with Crippen molar-refractivity contribution in [1.82, 2.24) is 25.9 Å². The Kier molecular flexibility index (Phi) is 3.92. The van der Waals surface area contributed by atoms with Gasteiger partial charge in [0, 0.05) is 5.39 Å². The van der Waals surface area contributed by atoms with E-state index in [1.807, 2.05) is 0 Å². The van der Waals surface area contributed by atoms with Crippen molar-refractivity contribution in [2.45, 2.75) is 12.5 Å². The van der Waals surface area contributed by atoms with Gasteiger partial charge in [-0.25, -0.2) is 9.89 Å². The minimum atomic E-state index is -1.31.